The van der Waals surface area contributed by atoms with Gasteiger partial charge in [0, 0.05) is 42.4 Å². The molecule has 4 rings (SSSR count). The van der Waals surface area contributed by atoms with Gasteiger partial charge in [-0.05, 0) is 30.5 Å². The molecule has 1 saturated heterocycles. The molecule has 3 aromatic rings. The van der Waals surface area contributed by atoms with E-state index in [-0.39, 0.29) is 17.5 Å². The average molecular weight is 407 g/mol. The van der Waals surface area contributed by atoms with Crippen LogP contribution >= 0.6 is 0 Å². The molecule has 1 amide bonds. The topological polar surface area (TPSA) is 58.1 Å². The van der Waals surface area contributed by atoms with Crippen LogP contribution in [0.4, 0.5) is 4.39 Å². The van der Waals surface area contributed by atoms with Crippen LogP contribution < -0.4 is 5.32 Å². The van der Waals surface area contributed by atoms with E-state index in [1.807, 2.05) is 24.3 Å². The van der Waals surface area contributed by atoms with Gasteiger partial charge in [-0.2, -0.15) is 10.2 Å². The zero-order chi connectivity index (χ0) is 21.3. The highest BCUT2D eigenvalue weighted by Gasteiger charge is 2.33. The smallest absolute Gasteiger partial charge is 0.256 e. The quantitative estimate of drug-likeness (QED) is 0.676. The molecule has 1 aromatic heterocycles. The maximum absolute atomic E-state index is 14.5. The van der Waals surface area contributed by atoms with Gasteiger partial charge in [0.05, 0.1) is 17.5 Å². The first-order valence-corrected chi connectivity index (χ1v) is 10.5. The Hall–Kier alpha value is -2.86. The summed E-state index contributed by atoms with van der Waals surface area (Å²) in [5, 5.41) is 13.9. The number of aromatic nitrogens is 2. The highest BCUT2D eigenvalue weighted by atomic mass is 19.1. The van der Waals surface area contributed by atoms with Gasteiger partial charge in [0.15, 0.2) is 0 Å². The minimum absolute atomic E-state index is 0.121. The van der Waals surface area contributed by atoms with Crippen LogP contribution in [0.5, 0.6) is 0 Å². The molecule has 1 unspecified atom stereocenters. The van der Waals surface area contributed by atoms with E-state index in [2.05, 4.69) is 36.3 Å². The summed E-state index contributed by atoms with van der Waals surface area (Å²) in [5.41, 5.74) is 1.78. The number of rotatable bonds is 6. The van der Waals surface area contributed by atoms with Gasteiger partial charge in [0.2, 0.25) is 0 Å². The standard InChI is InChI=1S/C24H27FN4O/c1-15(2)16(3)27-19-13-29(14-19)24(30)21-10-17(8-9-22(21)25)11-23-20-7-5-4-6-18(20)12-26-28-23/h4-10,12,15-16,19,27H,11,13-14H2,1-3H3. The summed E-state index contributed by atoms with van der Waals surface area (Å²) in [6.07, 6.45) is 2.22. The number of fused-ring (bicyclic) bond motifs is 1. The van der Waals surface area contributed by atoms with Crippen molar-refractivity contribution < 1.29 is 9.18 Å². The fourth-order valence-electron chi connectivity index (χ4n) is 3.74. The van der Waals surface area contributed by atoms with Crippen LogP contribution in [0.3, 0.4) is 0 Å². The zero-order valence-electron chi connectivity index (χ0n) is 17.6. The first-order valence-electron chi connectivity index (χ1n) is 10.5. The molecule has 0 aliphatic carbocycles. The molecule has 1 aliphatic rings. The van der Waals surface area contributed by atoms with E-state index >= 15 is 0 Å². The minimum Gasteiger partial charge on any atom is -0.335 e. The van der Waals surface area contributed by atoms with Crippen LogP contribution in [0.25, 0.3) is 10.8 Å². The van der Waals surface area contributed by atoms with E-state index in [1.54, 1.807) is 23.2 Å². The molecule has 6 heteroatoms. The molecule has 1 aliphatic heterocycles. The minimum atomic E-state index is -0.486. The molecule has 2 aromatic carbocycles. The van der Waals surface area contributed by atoms with Gasteiger partial charge in [0.25, 0.3) is 5.91 Å². The van der Waals surface area contributed by atoms with Crippen molar-refractivity contribution in [3.8, 4) is 0 Å². The summed E-state index contributed by atoms with van der Waals surface area (Å²) in [7, 11) is 0. The number of nitrogens with one attached hydrogen (secondary N) is 1. The number of hydrogen-bond donors (Lipinski definition) is 1. The predicted octanol–water partition coefficient (Wildman–Crippen LogP) is 3.82. The summed E-state index contributed by atoms with van der Waals surface area (Å²) in [4.78, 5) is 14.6. The number of carbonyl (C=O) groups is 1. The monoisotopic (exact) mass is 406 g/mol. The largest absolute Gasteiger partial charge is 0.335 e. The molecular weight excluding hydrogens is 379 g/mol. The number of benzene rings is 2. The van der Waals surface area contributed by atoms with Crippen LogP contribution in [-0.2, 0) is 6.42 Å². The van der Waals surface area contributed by atoms with Gasteiger partial charge in [-0.25, -0.2) is 4.39 Å². The van der Waals surface area contributed by atoms with Crippen molar-refractivity contribution in [2.24, 2.45) is 5.92 Å². The number of hydrogen-bond acceptors (Lipinski definition) is 4. The van der Waals surface area contributed by atoms with Crippen molar-refractivity contribution >= 4 is 16.7 Å². The fraction of sp³-hybridized carbons (Fsp3) is 0.375. The van der Waals surface area contributed by atoms with Gasteiger partial charge < -0.3 is 10.2 Å². The summed E-state index contributed by atoms with van der Waals surface area (Å²) in [5.74, 6) is -0.214. The Morgan fingerprint density at radius 3 is 2.73 bits per heavy atom. The SMILES string of the molecule is CC(C)C(C)NC1CN(C(=O)c2cc(Cc3nncc4ccccc34)ccc2F)C1. The van der Waals surface area contributed by atoms with Crippen molar-refractivity contribution in [3.05, 3.63) is 71.3 Å². The molecule has 5 nitrogen and oxygen atoms in total. The second-order valence-electron chi connectivity index (χ2n) is 8.48. The molecule has 0 radical (unpaired) electrons. The summed E-state index contributed by atoms with van der Waals surface area (Å²) < 4.78 is 14.5. The number of amides is 1. The Bertz CT molecular complexity index is 1060. The van der Waals surface area contributed by atoms with Crippen molar-refractivity contribution in [1.29, 1.82) is 0 Å². The van der Waals surface area contributed by atoms with Crippen molar-refractivity contribution in [2.75, 3.05) is 13.1 Å². The Balaban J connectivity index is 1.48. The summed E-state index contributed by atoms with van der Waals surface area (Å²) >= 11 is 0. The van der Waals surface area contributed by atoms with E-state index < -0.39 is 5.82 Å². The Morgan fingerprint density at radius 1 is 1.20 bits per heavy atom. The highest BCUT2D eigenvalue weighted by molar-refractivity contribution is 5.95. The van der Waals surface area contributed by atoms with Crippen LogP contribution in [-0.4, -0.2) is 46.2 Å². The highest BCUT2D eigenvalue weighted by Crippen LogP contribution is 2.22. The molecule has 0 bridgehead atoms. The third-order valence-corrected chi connectivity index (χ3v) is 5.95. The van der Waals surface area contributed by atoms with Crippen molar-refractivity contribution in [2.45, 2.75) is 39.3 Å². The number of halogens is 1. The van der Waals surface area contributed by atoms with Crippen LogP contribution in [0, 0.1) is 11.7 Å². The number of likely N-dealkylation sites (tertiary alicyclic amines) is 1. The Morgan fingerprint density at radius 2 is 1.97 bits per heavy atom. The Labute approximate surface area is 176 Å². The molecule has 30 heavy (non-hydrogen) atoms. The zero-order valence-corrected chi connectivity index (χ0v) is 17.6. The predicted molar refractivity (Wildman–Crippen MR) is 116 cm³/mol. The fourth-order valence-corrected chi connectivity index (χ4v) is 3.74. The second kappa shape index (κ2) is 8.48. The van der Waals surface area contributed by atoms with Gasteiger partial charge in [-0.15, -0.1) is 0 Å². The molecule has 1 fully saturated rings. The van der Waals surface area contributed by atoms with E-state index in [0.717, 1.165) is 22.0 Å². The molecule has 156 valence electrons. The third kappa shape index (κ3) is 4.19. The number of nitrogens with zero attached hydrogens (tertiary/aromatic N) is 3. The van der Waals surface area contributed by atoms with Gasteiger partial charge in [0.1, 0.15) is 5.82 Å². The first kappa shape index (κ1) is 20.4. The van der Waals surface area contributed by atoms with Gasteiger partial charge >= 0.3 is 0 Å². The second-order valence-corrected chi connectivity index (χ2v) is 8.48. The van der Waals surface area contributed by atoms with Gasteiger partial charge in [-0.1, -0.05) is 44.2 Å². The van der Waals surface area contributed by atoms with E-state index in [0.29, 0.717) is 31.5 Å². The summed E-state index contributed by atoms with van der Waals surface area (Å²) in [6.45, 7) is 7.69. The molecule has 1 N–H and O–H groups in total. The lowest BCUT2D eigenvalue weighted by atomic mass is 9.99. The molecular formula is C24H27FN4O. The molecule has 2 heterocycles. The Kier molecular flexibility index (Phi) is 5.77. The van der Waals surface area contributed by atoms with Crippen LogP contribution in [0.1, 0.15) is 42.4 Å². The van der Waals surface area contributed by atoms with E-state index in [1.165, 1.54) is 6.07 Å². The lowest BCUT2D eigenvalue weighted by Crippen LogP contribution is -2.62. The van der Waals surface area contributed by atoms with Crippen molar-refractivity contribution in [3.63, 3.8) is 0 Å². The molecule has 0 saturated carbocycles. The molecule has 1 atom stereocenters. The van der Waals surface area contributed by atoms with Crippen molar-refractivity contribution in [1.82, 2.24) is 20.4 Å². The maximum atomic E-state index is 14.5. The third-order valence-electron chi connectivity index (χ3n) is 5.95. The lowest BCUT2D eigenvalue weighted by Gasteiger charge is -2.41. The lowest BCUT2D eigenvalue weighted by molar-refractivity contribution is 0.0541. The van der Waals surface area contributed by atoms with Crippen LogP contribution in [0.15, 0.2) is 48.7 Å². The number of carbonyl (C=O) groups excluding carboxylic acids is 1. The molecule has 0 spiro atoms. The van der Waals surface area contributed by atoms with Crippen LogP contribution in [0.2, 0.25) is 0 Å². The van der Waals surface area contributed by atoms with Gasteiger partial charge in [-0.3, -0.25) is 4.79 Å². The maximum Gasteiger partial charge on any atom is 0.256 e. The summed E-state index contributed by atoms with van der Waals surface area (Å²) in [6, 6.07) is 13.3. The normalized spacial score (nSPS) is 15.4. The van der Waals surface area contributed by atoms with E-state index in [9.17, 15) is 9.18 Å². The first-order chi connectivity index (χ1) is 14.4. The van der Waals surface area contributed by atoms with E-state index in [4.69, 9.17) is 0 Å². The average Bonchev–Trinajstić information content (AvgIpc) is 2.71.